The summed E-state index contributed by atoms with van der Waals surface area (Å²) < 4.78 is 5.51. The molecule has 3 heteroatoms. The molecule has 3 nitrogen and oxygen atoms in total. The van der Waals surface area contributed by atoms with Crippen LogP contribution in [0.15, 0.2) is 18.2 Å². The van der Waals surface area contributed by atoms with Crippen molar-refractivity contribution in [3.63, 3.8) is 0 Å². The fraction of sp³-hybridized carbons (Fsp3) is 0.571. The summed E-state index contributed by atoms with van der Waals surface area (Å²) >= 11 is 0. The number of ether oxygens (including phenoxy) is 1. The summed E-state index contributed by atoms with van der Waals surface area (Å²) in [6, 6.07) is 6.48. The van der Waals surface area contributed by atoms with Crippen molar-refractivity contribution in [2.45, 2.75) is 32.4 Å². The van der Waals surface area contributed by atoms with E-state index in [0.29, 0.717) is 0 Å². The van der Waals surface area contributed by atoms with Crippen molar-refractivity contribution in [2.75, 3.05) is 20.2 Å². The highest BCUT2D eigenvalue weighted by Gasteiger charge is 2.16. The molecular weight excluding hydrogens is 212 g/mol. The minimum absolute atomic E-state index is 0.144. The van der Waals surface area contributed by atoms with Gasteiger partial charge in [0.2, 0.25) is 0 Å². The molecule has 0 aliphatic carbocycles. The smallest absolute Gasteiger partial charge is 0.122 e. The molecule has 1 aliphatic rings. The van der Waals surface area contributed by atoms with Crippen molar-refractivity contribution in [1.29, 1.82) is 0 Å². The second kappa shape index (κ2) is 4.67. The first-order valence-electron chi connectivity index (χ1n) is 6.16. The summed E-state index contributed by atoms with van der Waals surface area (Å²) in [6.45, 7) is 6.76. The van der Waals surface area contributed by atoms with Crippen LogP contribution in [0.2, 0.25) is 0 Å². The molecule has 0 saturated heterocycles. The van der Waals surface area contributed by atoms with Gasteiger partial charge in [0.25, 0.3) is 0 Å². The molecule has 94 valence electrons. The largest absolute Gasteiger partial charge is 0.493 e. The van der Waals surface area contributed by atoms with Crippen LogP contribution >= 0.6 is 0 Å². The third-order valence-electron chi connectivity index (χ3n) is 2.88. The molecule has 1 aromatic carbocycles. The second-order valence-electron chi connectivity index (χ2n) is 5.70. The van der Waals surface area contributed by atoms with Crippen LogP contribution in [-0.4, -0.2) is 30.6 Å². The molecule has 0 fully saturated rings. The predicted octanol–water partition coefficient (Wildman–Crippen LogP) is 1.79. The van der Waals surface area contributed by atoms with Crippen molar-refractivity contribution in [3.8, 4) is 5.75 Å². The lowest BCUT2D eigenvalue weighted by Crippen LogP contribution is -2.43. The number of benzene rings is 1. The van der Waals surface area contributed by atoms with Gasteiger partial charge in [-0.25, -0.2) is 0 Å². The highest BCUT2D eigenvalue weighted by atomic mass is 16.5. The third kappa shape index (κ3) is 3.45. The lowest BCUT2D eigenvalue weighted by molar-refractivity contribution is 0.263. The van der Waals surface area contributed by atoms with Crippen molar-refractivity contribution < 1.29 is 4.74 Å². The zero-order valence-corrected chi connectivity index (χ0v) is 11.0. The van der Waals surface area contributed by atoms with E-state index in [1.54, 1.807) is 0 Å². The van der Waals surface area contributed by atoms with E-state index in [4.69, 9.17) is 10.5 Å². The van der Waals surface area contributed by atoms with Gasteiger partial charge >= 0.3 is 0 Å². The van der Waals surface area contributed by atoms with Gasteiger partial charge in [-0.2, -0.15) is 0 Å². The van der Waals surface area contributed by atoms with Crippen LogP contribution in [0.5, 0.6) is 5.75 Å². The van der Waals surface area contributed by atoms with E-state index in [9.17, 15) is 0 Å². The number of nitrogens with zero attached hydrogens (tertiary/aromatic N) is 1. The lowest BCUT2D eigenvalue weighted by Gasteiger charge is -2.26. The van der Waals surface area contributed by atoms with Gasteiger partial charge in [0.05, 0.1) is 6.61 Å². The van der Waals surface area contributed by atoms with E-state index in [1.807, 2.05) is 0 Å². The van der Waals surface area contributed by atoms with Crippen LogP contribution in [0.3, 0.4) is 0 Å². The average molecular weight is 234 g/mol. The molecule has 1 aromatic rings. The average Bonchev–Trinajstić information content (AvgIpc) is 2.61. The number of fused-ring (bicyclic) bond motifs is 1. The van der Waals surface area contributed by atoms with Crippen molar-refractivity contribution in [1.82, 2.24) is 4.90 Å². The maximum atomic E-state index is 6.02. The maximum Gasteiger partial charge on any atom is 0.122 e. The van der Waals surface area contributed by atoms with Crippen LogP contribution in [0.4, 0.5) is 0 Å². The topological polar surface area (TPSA) is 38.5 Å². The third-order valence-corrected chi connectivity index (χ3v) is 2.88. The van der Waals surface area contributed by atoms with Crippen LogP contribution in [0.25, 0.3) is 0 Å². The lowest BCUT2D eigenvalue weighted by atomic mass is 10.1. The Morgan fingerprint density at radius 3 is 2.88 bits per heavy atom. The molecule has 0 bridgehead atoms. The quantitative estimate of drug-likeness (QED) is 0.863. The van der Waals surface area contributed by atoms with E-state index in [1.165, 1.54) is 11.1 Å². The number of rotatable bonds is 4. The van der Waals surface area contributed by atoms with Crippen molar-refractivity contribution >= 4 is 0 Å². The minimum Gasteiger partial charge on any atom is -0.493 e. The van der Waals surface area contributed by atoms with E-state index in [-0.39, 0.29) is 5.54 Å². The first-order valence-corrected chi connectivity index (χ1v) is 6.16. The Balaban J connectivity index is 1.99. The first kappa shape index (κ1) is 12.4. The summed E-state index contributed by atoms with van der Waals surface area (Å²) in [4.78, 5) is 2.26. The molecule has 1 aliphatic heterocycles. The summed E-state index contributed by atoms with van der Waals surface area (Å²) in [5.41, 5.74) is 8.54. The molecule has 1 heterocycles. The van der Waals surface area contributed by atoms with Crippen molar-refractivity contribution in [2.24, 2.45) is 5.73 Å². The predicted molar refractivity (Wildman–Crippen MR) is 70.2 cm³/mol. The Labute approximate surface area is 104 Å². The van der Waals surface area contributed by atoms with Gasteiger partial charge in [-0.15, -0.1) is 0 Å². The summed E-state index contributed by atoms with van der Waals surface area (Å²) in [7, 11) is 2.11. The maximum absolute atomic E-state index is 6.02. The Kier molecular flexibility index (Phi) is 3.40. The Hall–Kier alpha value is -1.06. The molecule has 0 radical (unpaired) electrons. The highest BCUT2D eigenvalue weighted by Crippen LogP contribution is 2.26. The fourth-order valence-corrected chi connectivity index (χ4v) is 2.40. The summed E-state index contributed by atoms with van der Waals surface area (Å²) in [5.74, 6) is 1.05. The normalized spacial score (nSPS) is 14.9. The molecule has 17 heavy (non-hydrogen) atoms. The molecular formula is C14H22N2O. The Bertz CT molecular complexity index is 396. The molecule has 2 rings (SSSR count). The molecule has 0 spiro atoms. The standard InChI is InChI=1S/C14H22N2O/c1-14(2,15)10-16(3)9-11-4-5-13-12(8-11)6-7-17-13/h4-5,8H,6-7,9-10,15H2,1-3H3. The van der Waals surface area contributed by atoms with Crippen LogP contribution < -0.4 is 10.5 Å². The number of nitrogens with two attached hydrogens (primary N) is 1. The van der Waals surface area contributed by atoms with E-state index < -0.39 is 0 Å². The Morgan fingerprint density at radius 2 is 2.18 bits per heavy atom. The molecule has 0 atom stereocenters. The number of likely N-dealkylation sites (N-methyl/N-ethyl adjacent to an activating group) is 1. The van der Waals surface area contributed by atoms with E-state index >= 15 is 0 Å². The zero-order valence-electron chi connectivity index (χ0n) is 11.0. The minimum atomic E-state index is -0.144. The molecule has 0 amide bonds. The van der Waals surface area contributed by atoms with Crippen LogP contribution in [-0.2, 0) is 13.0 Å². The summed E-state index contributed by atoms with van der Waals surface area (Å²) in [5, 5.41) is 0. The van der Waals surface area contributed by atoms with Gasteiger partial charge in [0.15, 0.2) is 0 Å². The first-order chi connectivity index (χ1) is 7.94. The molecule has 0 aromatic heterocycles. The molecule has 2 N–H and O–H groups in total. The Morgan fingerprint density at radius 1 is 1.41 bits per heavy atom. The van der Waals surface area contributed by atoms with Crippen LogP contribution in [0, 0.1) is 0 Å². The fourth-order valence-electron chi connectivity index (χ4n) is 2.40. The van der Waals surface area contributed by atoms with E-state index in [2.05, 4.69) is 44.0 Å². The van der Waals surface area contributed by atoms with Gasteiger partial charge in [0, 0.05) is 25.0 Å². The highest BCUT2D eigenvalue weighted by molar-refractivity contribution is 5.39. The van der Waals surface area contributed by atoms with Crippen molar-refractivity contribution in [3.05, 3.63) is 29.3 Å². The zero-order chi connectivity index (χ0) is 12.5. The van der Waals surface area contributed by atoms with Gasteiger partial charge in [-0.05, 0) is 38.1 Å². The number of hydrogen-bond acceptors (Lipinski definition) is 3. The molecule has 0 unspecified atom stereocenters. The van der Waals surface area contributed by atoms with Gasteiger partial charge in [-0.1, -0.05) is 12.1 Å². The van der Waals surface area contributed by atoms with Gasteiger partial charge in [-0.3, -0.25) is 0 Å². The van der Waals surface area contributed by atoms with Gasteiger partial charge < -0.3 is 15.4 Å². The summed E-state index contributed by atoms with van der Waals surface area (Å²) in [6.07, 6.45) is 1.04. The second-order valence-corrected chi connectivity index (χ2v) is 5.70. The SMILES string of the molecule is CN(Cc1ccc2c(c1)CCO2)CC(C)(C)N. The van der Waals surface area contributed by atoms with E-state index in [0.717, 1.165) is 31.9 Å². The van der Waals surface area contributed by atoms with Crippen LogP contribution in [0.1, 0.15) is 25.0 Å². The molecule has 0 saturated carbocycles. The monoisotopic (exact) mass is 234 g/mol. The number of hydrogen-bond donors (Lipinski definition) is 1. The van der Waals surface area contributed by atoms with Gasteiger partial charge in [0.1, 0.15) is 5.75 Å².